The number of para-hydroxylation sites is 1. The van der Waals surface area contributed by atoms with E-state index >= 15 is 0 Å². The molecule has 1 aliphatic rings. The molecular weight excluding hydrogens is 360 g/mol. The topological polar surface area (TPSA) is 40.6 Å². The number of nitrogens with zero attached hydrogens (tertiary/aromatic N) is 2. The predicted molar refractivity (Wildman–Crippen MR) is 118 cm³/mol. The normalized spacial score (nSPS) is 14.6. The van der Waals surface area contributed by atoms with Gasteiger partial charge >= 0.3 is 0 Å². The summed E-state index contributed by atoms with van der Waals surface area (Å²) in [5.41, 5.74) is 3.44. The van der Waals surface area contributed by atoms with Gasteiger partial charge in [-0.05, 0) is 48.8 Å². The Morgan fingerprint density at radius 2 is 1.66 bits per heavy atom. The third-order valence-electron chi connectivity index (χ3n) is 5.93. The Morgan fingerprint density at radius 1 is 1.00 bits per heavy atom. The van der Waals surface area contributed by atoms with E-state index in [1.165, 1.54) is 5.56 Å². The van der Waals surface area contributed by atoms with Crippen molar-refractivity contribution >= 4 is 17.5 Å². The Hall–Kier alpha value is -2.62. The number of hydrogen-bond acceptors (Lipinski definition) is 2. The van der Waals surface area contributed by atoms with Crippen molar-refractivity contribution in [3.63, 3.8) is 0 Å². The summed E-state index contributed by atoms with van der Waals surface area (Å²) in [5, 5.41) is 0. The van der Waals surface area contributed by atoms with Crippen molar-refractivity contribution in [1.29, 1.82) is 0 Å². The molecule has 1 heterocycles. The van der Waals surface area contributed by atoms with Crippen molar-refractivity contribution < 1.29 is 9.59 Å². The van der Waals surface area contributed by atoms with E-state index in [0.29, 0.717) is 18.9 Å². The minimum atomic E-state index is -0.0136. The highest BCUT2D eigenvalue weighted by atomic mass is 16.2. The van der Waals surface area contributed by atoms with Crippen LogP contribution in [0.15, 0.2) is 54.6 Å². The minimum absolute atomic E-state index is 0.0136. The molecule has 154 valence electrons. The van der Waals surface area contributed by atoms with Gasteiger partial charge in [-0.2, -0.15) is 0 Å². The third-order valence-corrected chi connectivity index (χ3v) is 5.93. The first-order chi connectivity index (χ1) is 14.1. The fourth-order valence-corrected chi connectivity index (χ4v) is 4.22. The number of carbonyl (C=O) groups is 2. The zero-order chi connectivity index (χ0) is 20.6. The number of carbonyl (C=O) groups excluding carboxylic acids is 2. The molecular formula is C25H32N2O2. The minimum Gasteiger partial charge on any atom is -0.343 e. The molecule has 1 saturated heterocycles. The van der Waals surface area contributed by atoms with Gasteiger partial charge < -0.3 is 9.80 Å². The molecule has 0 aliphatic carbocycles. The molecule has 0 saturated carbocycles. The Kier molecular flexibility index (Phi) is 7.45. The molecule has 4 heteroatoms. The smallest absolute Gasteiger partial charge is 0.224 e. The van der Waals surface area contributed by atoms with E-state index in [4.69, 9.17) is 0 Å². The number of anilines is 1. The highest BCUT2D eigenvalue weighted by Gasteiger charge is 2.24. The van der Waals surface area contributed by atoms with Gasteiger partial charge in [0.25, 0.3) is 0 Å². The molecule has 29 heavy (non-hydrogen) atoms. The van der Waals surface area contributed by atoms with Crippen LogP contribution >= 0.6 is 0 Å². The van der Waals surface area contributed by atoms with Gasteiger partial charge in [0.15, 0.2) is 0 Å². The Balaban J connectivity index is 1.51. The second kappa shape index (κ2) is 10.2. The van der Waals surface area contributed by atoms with E-state index in [9.17, 15) is 9.59 Å². The van der Waals surface area contributed by atoms with Crippen LogP contribution in [-0.4, -0.2) is 36.3 Å². The fourth-order valence-electron chi connectivity index (χ4n) is 4.22. The van der Waals surface area contributed by atoms with Gasteiger partial charge in [-0.25, -0.2) is 0 Å². The van der Waals surface area contributed by atoms with Crippen LogP contribution in [0.25, 0.3) is 0 Å². The maximum absolute atomic E-state index is 12.8. The highest BCUT2D eigenvalue weighted by Crippen LogP contribution is 2.24. The van der Waals surface area contributed by atoms with Crippen LogP contribution < -0.4 is 4.90 Å². The molecule has 0 radical (unpaired) electrons. The molecule has 2 aromatic carbocycles. The lowest BCUT2D eigenvalue weighted by molar-refractivity contribution is -0.132. The van der Waals surface area contributed by atoms with E-state index in [-0.39, 0.29) is 11.8 Å². The number of rotatable bonds is 7. The summed E-state index contributed by atoms with van der Waals surface area (Å²) in [6, 6.07) is 18.6. The van der Waals surface area contributed by atoms with Crippen LogP contribution in [-0.2, 0) is 22.4 Å². The first-order valence-electron chi connectivity index (χ1n) is 10.8. The summed E-state index contributed by atoms with van der Waals surface area (Å²) < 4.78 is 0. The second-order valence-corrected chi connectivity index (χ2v) is 7.92. The van der Waals surface area contributed by atoms with Gasteiger partial charge in [0.05, 0.1) is 0 Å². The second-order valence-electron chi connectivity index (χ2n) is 7.92. The average molecular weight is 393 g/mol. The third kappa shape index (κ3) is 5.69. The molecule has 1 fully saturated rings. The predicted octanol–water partition coefficient (Wildman–Crippen LogP) is 4.47. The number of hydrogen-bond donors (Lipinski definition) is 0. The van der Waals surface area contributed by atoms with E-state index in [1.54, 1.807) is 11.8 Å². The van der Waals surface area contributed by atoms with Crippen molar-refractivity contribution in [3.8, 4) is 0 Å². The van der Waals surface area contributed by atoms with Crippen LogP contribution in [0.2, 0.25) is 0 Å². The zero-order valence-electron chi connectivity index (χ0n) is 17.6. The van der Waals surface area contributed by atoms with Crippen LogP contribution in [0.1, 0.15) is 44.2 Å². The largest absolute Gasteiger partial charge is 0.343 e. The van der Waals surface area contributed by atoms with Gasteiger partial charge in [-0.15, -0.1) is 0 Å². The molecule has 2 amide bonds. The highest BCUT2D eigenvalue weighted by molar-refractivity contribution is 5.93. The standard InChI is InChI=1S/C25H32N2O2/c1-3-23-11-7-8-12-24(23)27(20(2)28)18-15-25(29)26-16-13-22(14-17-26)19-21-9-5-4-6-10-21/h4-12,22H,3,13-19H2,1-2H3. The van der Waals surface area contributed by atoms with Crippen LogP contribution in [0.3, 0.4) is 0 Å². The van der Waals surface area contributed by atoms with Gasteiger partial charge in [0, 0.05) is 38.7 Å². The van der Waals surface area contributed by atoms with Crippen LogP contribution in [0.5, 0.6) is 0 Å². The molecule has 3 rings (SSSR count). The summed E-state index contributed by atoms with van der Waals surface area (Å²) in [4.78, 5) is 28.7. The molecule has 0 spiro atoms. The maximum Gasteiger partial charge on any atom is 0.224 e. The summed E-state index contributed by atoms with van der Waals surface area (Å²) in [6.07, 6.45) is 4.43. The number of benzene rings is 2. The van der Waals surface area contributed by atoms with Crippen LogP contribution in [0, 0.1) is 5.92 Å². The summed E-state index contributed by atoms with van der Waals surface area (Å²) in [6.45, 7) is 5.74. The lowest BCUT2D eigenvalue weighted by atomic mass is 9.90. The summed E-state index contributed by atoms with van der Waals surface area (Å²) in [5.74, 6) is 0.787. The molecule has 4 nitrogen and oxygen atoms in total. The first kappa shape index (κ1) is 21.1. The van der Waals surface area contributed by atoms with Gasteiger partial charge in [0.2, 0.25) is 11.8 Å². The fraction of sp³-hybridized carbons (Fsp3) is 0.440. The lowest BCUT2D eigenvalue weighted by Gasteiger charge is -2.33. The summed E-state index contributed by atoms with van der Waals surface area (Å²) >= 11 is 0. The molecule has 1 aliphatic heterocycles. The number of aryl methyl sites for hydroxylation is 1. The lowest BCUT2D eigenvalue weighted by Crippen LogP contribution is -2.41. The van der Waals surface area contributed by atoms with E-state index in [1.807, 2.05) is 35.2 Å². The van der Waals surface area contributed by atoms with E-state index < -0.39 is 0 Å². The summed E-state index contributed by atoms with van der Waals surface area (Å²) in [7, 11) is 0. The van der Waals surface area contributed by atoms with Gasteiger partial charge in [-0.3, -0.25) is 9.59 Å². The average Bonchev–Trinajstić information content (AvgIpc) is 2.75. The number of likely N-dealkylation sites (tertiary alicyclic amines) is 1. The monoisotopic (exact) mass is 392 g/mol. The molecule has 0 aromatic heterocycles. The van der Waals surface area contributed by atoms with E-state index in [0.717, 1.165) is 50.0 Å². The molecule has 0 atom stereocenters. The number of amides is 2. The van der Waals surface area contributed by atoms with Crippen molar-refractivity contribution in [3.05, 3.63) is 65.7 Å². The number of piperidine rings is 1. The maximum atomic E-state index is 12.8. The Labute approximate surface area is 174 Å². The van der Waals surface area contributed by atoms with Crippen molar-refractivity contribution in [2.24, 2.45) is 5.92 Å². The Bertz CT molecular complexity index is 811. The first-order valence-corrected chi connectivity index (χ1v) is 10.8. The SMILES string of the molecule is CCc1ccccc1N(CCC(=O)N1CCC(Cc2ccccc2)CC1)C(C)=O. The zero-order valence-corrected chi connectivity index (χ0v) is 17.6. The quantitative estimate of drug-likeness (QED) is 0.697. The Morgan fingerprint density at radius 3 is 2.31 bits per heavy atom. The van der Waals surface area contributed by atoms with E-state index in [2.05, 4.69) is 31.2 Å². The molecule has 0 N–H and O–H groups in total. The van der Waals surface area contributed by atoms with Gasteiger partial charge in [-0.1, -0.05) is 55.5 Å². The molecule has 0 bridgehead atoms. The van der Waals surface area contributed by atoms with Gasteiger partial charge in [0.1, 0.15) is 0 Å². The van der Waals surface area contributed by atoms with Crippen LogP contribution in [0.4, 0.5) is 5.69 Å². The van der Waals surface area contributed by atoms with Crippen molar-refractivity contribution in [2.45, 2.75) is 46.0 Å². The molecule has 2 aromatic rings. The van der Waals surface area contributed by atoms with Crippen molar-refractivity contribution in [1.82, 2.24) is 4.90 Å². The van der Waals surface area contributed by atoms with Crippen molar-refractivity contribution in [2.75, 3.05) is 24.5 Å². The molecule has 0 unspecified atom stereocenters.